The van der Waals surface area contributed by atoms with Gasteiger partial charge in [-0.25, -0.2) is 16.8 Å². The third-order valence-corrected chi connectivity index (χ3v) is 7.47. The van der Waals surface area contributed by atoms with Crippen LogP contribution in [0, 0.1) is 0 Å². The lowest BCUT2D eigenvalue weighted by atomic mass is 10.1. The van der Waals surface area contributed by atoms with Crippen molar-refractivity contribution >= 4 is 43.3 Å². The van der Waals surface area contributed by atoms with Gasteiger partial charge in [0.15, 0.2) is 9.84 Å². The molecule has 0 radical (unpaired) electrons. The molecule has 0 amide bonds. The van der Waals surface area contributed by atoms with E-state index in [2.05, 4.69) is 22.7 Å². The van der Waals surface area contributed by atoms with Gasteiger partial charge in [-0.3, -0.25) is 0 Å². The van der Waals surface area contributed by atoms with Gasteiger partial charge in [-0.1, -0.05) is 30.3 Å². The van der Waals surface area contributed by atoms with Crippen LogP contribution in [0.15, 0.2) is 47.4 Å². The van der Waals surface area contributed by atoms with Crippen LogP contribution in [0.1, 0.15) is 6.42 Å². The summed E-state index contributed by atoms with van der Waals surface area (Å²) in [7, 11) is -7.63. The molecule has 3 atom stereocenters. The molecule has 0 spiro atoms. The molecule has 0 aliphatic carbocycles. The molecule has 1 aliphatic heterocycles. The summed E-state index contributed by atoms with van der Waals surface area (Å²) in [4.78, 5) is 0.0942. The van der Waals surface area contributed by atoms with E-state index in [9.17, 15) is 16.8 Å². The summed E-state index contributed by atoms with van der Waals surface area (Å²) >= 11 is 4.35. The number of benzene rings is 2. The molecule has 3 rings (SSSR count). The van der Waals surface area contributed by atoms with Gasteiger partial charge in [0.25, 0.3) is 0 Å². The van der Waals surface area contributed by atoms with Crippen LogP contribution in [0.4, 0.5) is 0 Å². The number of sulfonamides is 1. The molecule has 136 valence electrons. The molecule has 1 heterocycles. The zero-order valence-electron chi connectivity index (χ0n) is 13.6. The molecule has 6 nitrogen and oxygen atoms in total. The number of fused-ring (bicyclic) bond motifs is 1. The fourth-order valence-electron chi connectivity index (χ4n) is 3.04. The molecule has 2 aromatic carbocycles. The smallest absolute Gasteiger partial charge is 0.209 e. The molecular weight excluding hydrogens is 380 g/mol. The molecule has 1 aliphatic rings. The highest BCUT2D eigenvalue weighted by atomic mass is 32.2. The van der Waals surface area contributed by atoms with Gasteiger partial charge in [0.1, 0.15) is 5.37 Å². The largest absolute Gasteiger partial charge is 0.310 e. The number of rotatable bonds is 5. The molecule has 0 saturated carbocycles. The average Bonchev–Trinajstić information content (AvgIpc) is 2.97. The summed E-state index contributed by atoms with van der Waals surface area (Å²) in [6.45, 7) is 0.531. The fraction of sp³-hybridized carbons (Fsp3) is 0.375. The Hall–Kier alpha value is -1.13. The van der Waals surface area contributed by atoms with Crippen LogP contribution in [0.3, 0.4) is 0 Å². The van der Waals surface area contributed by atoms with Crippen LogP contribution in [0.2, 0.25) is 0 Å². The monoisotopic (exact) mass is 400 g/mol. The Kier molecular flexibility index (Phi) is 5.13. The molecule has 1 fully saturated rings. The van der Waals surface area contributed by atoms with Gasteiger partial charge in [-0.2, -0.15) is 17.4 Å². The first-order chi connectivity index (χ1) is 11.7. The molecule has 25 heavy (non-hydrogen) atoms. The Morgan fingerprint density at radius 2 is 1.80 bits per heavy atom. The first kappa shape index (κ1) is 18.7. The van der Waals surface area contributed by atoms with Crippen LogP contribution < -0.4 is 10.0 Å². The van der Waals surface area contributed by atoms with Crippen LogP contribution in [0.5, 0.6) is 0 Å². The van der Waals surface area contributed by atoms with E-state index in [1.54, 1.807) is 12.1 Å². The van der Waals surface area contributed by atoms with Gasteiger partial charge in [-0.15, -0.1) is 0 Å². The molecular formula is C16H20N2O4S3. The first-order valence-corrected chi connectivity index (χ1v) is 11.7. The lowest BCUT2D eigenvalue weighted by Gasteiger charge is -2.24. The van der Waals surface area contributed by atoms with Crippen LogP contribution in [0.25, 0.3) is 10.8 Å². The lowest BCUT2D eigenvalue weighted by Crippen LogP contribution is -2.51. The Morgan fingerprint density at radius 3 is 2.40 bits per heavy atom. The minimum atomic E-state index is -3.92. The van der Waals surface area contributed by atoms with Gasteiger partial charge < -0.3 is 5.32 Å². The maximum atomic E-state index is 13.2. The summed E-state index contributed by atoms with van der Waals surface area (Å²) in [5, 5.41) is 3.47. The fourth-order valence-corrected chi connectivity index (χ4v) is 6.47. The quantitative estimate of drug-likeness (QED) is 0.655. The van der Waals surface area contributed by atoms with E-state index in [0.717, 1.165) is 17.0 Å². The Morgan fingerprint density at radius 1 is 1.12 bits per heavy atom. The molecule has 3 unspecified atom stereocenters. The summed E-state index contributed by atoms with van der Waals surface area (Å²) in [6, 6.07) is 11.7. The van der Waals surface area contributed by atoms with E-state index in [1.165, 1.54) is 6.07 Å². The van der Waals surface area contributed by atoms with Gasteiger partial charge in [0.05, 0.1) is 11.2 Å². The summed E-state index contributed by atoms with van der Waals surface area (Å²) < 4.78 is 52.1. The maximum absolute atomic E-state index is 13.2. The molecule has 0 bridgehead atoms. The van der Waals surface area contributed by atoms with E-state index in [1.807, 2.05) is 24.3 Å². The van der Waals surface area contributed by atoms with Crippen molar-refractivity contribution in [3.8, 4) is 0 Å². The summed E-state index contributed by atoms with van der Waals surface area (Å²) in [6.07, 6.45) is 1.42. The highest BCUT2D eigenvalue weighted by Gasteiger charge is 2.40. The predicted octanol–water partition coefficient (Wildman–Crippen LogP) is 1.15. The van der Waals surface area contributed by atoms with Crippen molar-refractivity contribution < 1.29 is 16.8 Å². The lowest BCUT2D eigenvalue weighted by molar-refractivity contribution is 0.498. The second kappa shape index (κ2) is 6.88. The number of thiol groups is 1. The molecule has 1 saturated heterocycles. The third-order valence-electron chi connectivity index (χ3n) is 4.22. The third kappa shape index (κ3) is 4.17. The SMILES string of the molecule is CS(=O)(=O)NC(C1CC(S)CN1)S(=O)(=O)c1ccc2ccccc2c1. The molecule has 9 heteroatoms. The molecule has 2 N–H and O–H groups in total. The number of sulfone groups is 1. The number of nitrogens with one attached hydrogen (secondary N) is 2. The van der Waals surface area contributed by atoms with Crippen molar-refractivity contribution in [3.63, 3.8) is 0 Å². The second-order valence-electron chi connectivity index (χ2n) is 6.27. The van der Waals surface area contributed by atoms with Gasteiger partial charge in [0.2, 0.25) is 10.0 Å². The van der Waals surface area contributed by atoms with Crippen LogP contribution in [-0.2, 0) is 19.9 Å². The van der Waals surface area contributed by atoms with Gasteiger partial charge >= 0.3 is 0 Å². The van der Waals surface area contributed by atoms with E-state index in [4.69, 9.17) is 0 Å². The van der Waals surface area contributed by atoms with E-state index in [0.29, 0.717) is 13.0 Å². The normalized spacial score (nSPS) is 23.0. The second-order valence-corrected chi connectivity index (χ2v) is 10.8. The summed E-state index contributed by atoms with van der Waals surface area (Å²) in [5.74, 6) is 0. The topological polar surface area (TPSA) is 92.3 Å². The van der Waals surface area contributed by atoms with Crippen molar-refractivity contribution in [1.82, 2.24) is 10.0 Å². The van der Waals surface area contributed by atoms with Crippen molar-refractivity contribution in [2.24, 2.45) is 0 Å². The van der Waals surface area contributed by atoms with E-state index in [-0.39, 0.29) is 10.1 Å². The van der Waals surface area contributed by atoms with E-state index < -0.39 is 31.3 Å². The maximum Gasteiger partial charge on any atom is 0.209 e. The number of hydrogen-bond acceptors (Lipinski definition) is 6. The Balaban J connectivity index is 2.05. The Labute approximate surface area is 153 Å². The van der Waals surface area contributed by atoms with Crippen molar-refractivity contribution in [3.05, 3.63) is 42.5 Å². The standard InChI is InChI=1S/C16H20N2O4S3/c1-24(19,20)18-16(15-9-13(23)10-17-15)25(21,22)14-7-6-11-4-2-3-5-12(11)8-14/h2-8,13,15-18,23H,9-10H2,1H3. The van der Waals surface area contributed by atoms with E-state index >= 15 is 0 Å². The van der Waals surface area contributed by atoms with Crippen molar-refractivity contribution in [2.75, 3.05) is 12.8 Å². The van der Waals surface area contributed by atoms with Crippen LogP contribution >= 0.6 is 12.6 Å². The minimum Gasteiger partial charge on any atom is -0.310 e. The highest BCUT2D eigenvalue weighted by Crippen LogP contribution is 2.26. The first-order valence-electron chi connectivity index (χ1n) is 7.78. The van der Waals surface area contributed by atoms with Crippen molar-refractivity contribution in [1.29, 1.82) is 0 Å². The number of hydrogen-bond donors (Lipinski definition) is 3. The minimum absolute atomic E-state index is 0.0133. The molecule has 0 aromatic heterocycles. The zero-order valence-corrected chi connectivity index (χ0v) is 16.1. The highest BCUT2D eigenvalue weighted by molar-refractivity contribution is 7.94. The summed E-state index contributed by atoms with van der Waals surface area (Å²) in [5.41, 5.74) is 0. The average molecular weight is 401 g/mol. The Bertz CT molecular complexity index is 989. The zero-order chi connectivity index (χ0) is 18.2. The predicted molar refractivity (Wildman–Crippen MR) is 102 cm³/mol. The van der Waals surface area contributed by atoms with Gasteiger partial charge in [-0.05, 0) is 29.3 Å². The van der Waals surface area contributed by atoms with Crippen molar-refractivity contribution in [2.45, 2.75) is 28.0 Å². The molecule has 2 aromatic rings. The van der Waals surface area contributed by atoms with Gasteiger partial charge in [0, 0.05) is 17.8 Å². The van der Waals surface area contributed by atoms with Crippen LogP contribution in [-0.4, -0.2) is 46.3 Å².